The topological polar surface area (TPSA) is 58.4 Å². The highest BCUT2D eigenvalue weighted by molar-refractivity contribution is 6.32. The van der Waals surface area contributed by atoms with Crippen LogP contribution in [0.4, 0.5) is 11.4 Å². The molecule has 98 valence electrons. The standard InChI is InChI=1S/C12H16ClN3O2/c13-11-4-3-10(9-12(11)16(17)18)14-5-8-15-6-1-2-7-15/h3-4,9,14H,1-2,5-8H2. The SMILES string of the molecule is O=[N+]([O-])c1cc(NCCN2CCCC2)ccc1Cl. The molecule has 0 aromatic heterocycles. The Hall–Kier alpha value is -1.33. The number of nitrogens with one attached hydrogen (secondary N) is 1. The third-order valence-corrected chi connectivity index (χ3v) is 3.42. The Morgan fingerprint density at radius 3 is 2.78 bits per heavy atom. The molecule has 5 nitrogen and oxygen atoms in total. The summed E-state index contributed by atoms with van der Waals surface area (Å²) in [5.41, 5.74) is 0.688. The lowest BCUT2D eigenvalue weighted by molar-refractivity contribution is -0.384. The second-order valence-corrected chi connectivity index (χ2v) is 4.81. The Labute approximate surface area is 111 Å². The van der Waals surface area contributed by atoms with Crippen molar-refractivity contribution in [1.82, 2.24) is 4.90 Å². The van der Waals surface area contributed by atoms with Gasteiger partial charge in [0.15, 0.2) is 0 Å². The van der Waals surface area contributed by atoms with Crippen LogP contribution in [0.2, 0.25) is 5.02 Å². The summed E-state index contributed by atoms with van der Waals surface area (Å²) in [4.78, 5) is 12.7. The zero-order chi connectivity index (χ0) is 13.0. The number of hydrogen-bond acceptors (Lipinski definition) is 4. The molecule has 0 bridgehead atoms. The lowest BCUT2D eigenvalue weighted by atomic mass is 10.3. The second-order valence-electron chi connectivity index (χ2n) is 4.40. The zero-order valence-electron chi connectivity index (χ0n) is 10.1. The van der Waals surface area contributed by atoms with Crippen LogP contribution in [0.15, 0.2) is 18.2 Å². The van der Waals surface area contributed by atoms with E-state index in [9.17, 15) is 10.1 Å². The van der Waals surface area contributed by atoms with Gasteiger partial charge in [-0.1, -0.05) is 11.6 Å². The van der Waals surface area contributed by atoms with Crippen molar-refractivity contribution < 1.29 is 4.92 Å². The summed E-state index contributed by atoms with van der Waals surface area (Å²) in [6.07, 6.45) is 2.54. The third-order valence-electron chi connectivity index (χ3n) is 3.10. The number of benzene rings is 1. The van der Waals surface area contributed by atoms with E-state index in [1.165, 1.54) is 18.9 Å². The van der Waals surface area contributed by atoms with Gasteiger partial charge in [-0.3, -0.25) is 10.1 Å². The van der Waals surface area contributed by atoms with Crippen LogP contribution in [0.25, 0.3) is 0 Å². The smallest absolute Gasteiger partial charge is 0.289 e. The highest BCUT2D eigenvalue weighted by Gasteiger charge is 2.13. The molecule has 0 amide bonds. The van der Waals surface area contributed by atoms with E-state index in [-0.39, 0.29) is 10.7 Å². The molecule has 0 saturated carbocycles. The van der Waals surface area contributed by atoms with Gasteiger partial charge in [0.05, 0.1) is 4.92 Å². The van der Waals surface area contributed by atoms with Crippen LogP contribution < -0.4 is 5.32 Å². The van der Waals surface area contributed by atoms with Crippen LogP contribution in [0.3, 0.4) is 0 Å². The molecule has 2 rings (SSSR count). The number of nitro groups is 1. The number of anilines is 1. The van der Waals surface area contributed by atoms with E-state index in [1.54, 1.807) is 12.1 Å². The van der Waals surface area contributed by atoms with Crippen molar-refractivity contribution in [2.24, 2.45) is 0 Å². The molecule has 0 atom stereocenters. The number of likely N-dealkylation sites (tertiary alicyclic amines) is 1. The van der Waals surface area contributed by atoms with Gasteiger partial charge in [0.1, 0.15) is 5.02 Å². The first-order valence-corrected chi connectivity index (χ1v) is 6.45. The first-order chi connectivity index (χ1) is 8.66. The Morgan fingerprint density at radius 1 is 1.39 bits per heavy atom. The molecular weight excluding hydrogens is 254 g/mol. The number of hydrogen-bond donors (Lipinski definition) is 1. The molecule has 6 heteroatoms. The molecule has 1 N–H and O–H groups in total. The van der Waals surface area contributed by atoms with Crippen molar-refractivity contribution in [3.63, 3.8) is 0 Å². The second kappa shape index (κ2) is 6.02. The van der Waals surface area contributed by atoms with Gasteiger partial charge in [0.25, 0.3) is 5.69 Å². The average Bonchev–Trinajstić information content (AvgIpc) is 2.84. The van der Waals surface area contributed by atoms with Crippen LogP contribution in [-0.4, -0.2) is 36.0 Å². The Bertz CT molecular complexity index is 433. The number of nitro benzene ring substituents is 1. The van der Waals surface area contributed by atoms with Crippen molar-refractivity contribution in [1.29, 1.82) is 0 Å². The van der Waals surface area contributed by atoms with Gasteiger partial charge in [-0.15, -0.1) is 0 Å². The Morgan fingerprint density at radius 2 is 2.11 bits per heavy atom. The molecule has 18 heavy (non-hydrogen) atoms. The maximum absolute atomic E-state index is 10.7. The molecular formula is C12H16ClN3O2. The number of halogens is 1. The van der Waals surface area contributed by atoms with Crippen LogP contribution in [0.5, 0.6) is 0 Å². The van der Waals surface area contributed by atoms with Crippen molar-refractivity contribution in [3.8, 4) is 0 Å². The van der Waals surface area contributed by atoms with Gasteiger partial charge in [-0.2, -0.15) is 0 Å². The molecule has 1 aliphatic heterocycles. The summed E-state index contributed by atoms with van der Waals surface area (Å²) >= 11 is 5.75. The molecule has 1 heterocycles. The van der Waals surface area contributed by atoms with Gasteiger partial charge in [-0.25, -0.2) is 0 Å². The summed E-state index contributed by atoms with van der Waals surface area (Å²) < 4.78 is 0. The fourth-order valence-electron chi connectivity index (χ4n) is 2.13. The number of nitrogens with zero attached hydrogens (tertiary/aromatic N) is 2. The van der Waals surface area contributed by atoms with Crippen molar-refractivity contribution in [3.05, 3.63) is 33.3 Å². The van der Waals surface area contributed by atoms with Crippen LogP contribution in [0, 0.1) is 10.1 Å². The minimum atomic E-state index is -0.464. The predicted molar refractivity (Wildman–Crippen MR) is 72.3 cm³/mol. The minimum Gasteiger partial charge on any atom is -0.384 e. The van der Waals surface area contributed by atoms with Crippen LogP contribution in [0.1, 0.15) is 12.8 Å². The van der Waals surface area contributed by atoms with Gasteiger partial charge >= 0.3 is 0 Å². The van der Waals surface area contributed by atoms with Crippen molar-refractivity contribution >= 4 is 23.0 Å². The normalized spacial score (nSPS) is 15.8. The summed E-state index contributed by atoms with van der Waals surface area (Å²) in [5, 5.41) is 14.1. The quantitative estimate of drug-likeness (QED) is 0.660. The molecule has 0 unspecified atom stereocenters. The minimum absolute atomic E-state index is 0.0529. The lowest BCUT2D eigenvalue weighted by Gasteiger charge is -2.15. The van der Waals surface area contributed by atoms with Crippen molar-refractivity contribution in [2.75, 3.05) is 31.5 Å². The van der Waals surface area contributed by atoms with E-state index in [4.69, 9.17) is 11.6 Å². The maximum atomic E-state index is 10.7. The van der Waals surface area contributed by atoms with Gasteiger partial charge < -0.3 is 10.2 Å². The average molecular weight is 270 g/mol. The fourth-order valence-corrected chi connectivity index (χ4v) is 2.31. The zero-order valence-corrected chi connectivity index (χ0v) is 10.8. The molecule has 1 aromatic rings. The van der Waals surface area contributed by atoms with E-state index in [2.05, 4.69) is 10.2 Å². The molecule has 1 saturated heterocycles. The molecule has 0 aliphatic carbocycles. The lowest BCUT2D eigenvalue weighted by Crippen LogP contribution is -2.25. The Kier molecular flexibility index (Phi) is 4.38. The van der Waals surface area contributed by atoms with Crippen molar-refractivity contribution in [2.45, 2.75) is 12.8 Å². The Balaban J connectivity index is 1.88. The molecule has 1 aromatic carbocycles. The van der Waals surface area contributed by atoms with E-state index >= 15 is 0 Å². The predicted octanol–water partition coefficient (Wildman–Crippen LogP) is 2.76. The highest BCUT2D eigenvalue weighted by atomic mass is 35.5. The maximum Gasteiger partial charge on any atom is 0.289 e. The summed E-state index contributed by atoms with van der Waals surface area (Å²) in [6, 6.07) is 4.80. The highest BCUT2D eigenvalue weighted by Crippen LogP contribution is 2.27. The number of rotatable bonds is 5. The largest absolute Gasteiger partial charge is 0.384 e. The van der Waals surface area contributed by atoms with E-state index in [0.29, 0.717) is 0 Å². The van der Waals surface area contributed by atoms with Gasteiger partial charge in [0, 0.05) is 24.8 Å². The van der Waals surface area contributed by atoms with E-state index < -0.39 is 4.92 Å². The first-order valence-electron chi connectivity index (χ1n) is 6.07. The summed E-state index contributed by atoms with van der Waals surface area (Å²) in [7, 11) is 0. The van der Waals surface area contributed by atoms with Gasteiger partial charge in [-0.05, 0) is 38.1 Å². The van der Waals surface area contributed by atoms with Crippen LogP contribution >= 0.6 is 11.6 Å². The van der Waals surface area contributed by atoms with Gasteiger partial charge in [0.2, 0.25) is 0 Å². The summed E-state index contributed by atoms with van der Waals surface area (Å²) in [6.45, 7) is 4.07. The third kappa shape index (κ3) is 3.34. The fraction of sp³-hybridized carbons (Fsp3) is 0.500. The molecule has 0 radical (unpaired) electrons. The monoisotopic (exact) mass is 269 g/mol. The molecule has 0 spiro atoms. The van der Waals surface area contributed by atoms with Crippen LogP contribution in [-0.2, 0) is 0 Å². The summed E-state index contributed by atoms with van der Waals surface area (Å²) in [5.74, 6) is 0. The van der Waals surface area contributed by atoms with E-state index in [1.807, 2.05) is 0 Å². The van der Waals surface area contributed by atoms with E-state index in [0.717, 1.165) is 31.9 Å². The molecule has 1 aliphatic rings. The molecule has 1 fully saturated rings. The first kappa shape index (κ1) is 13.1.